The summed E-state index contributed by atoms with van der Waals surface area (Å²) in [5, 5.41) is 0.261. The molecule has 0 atom stereocenters. The van der Waals surface area contributed by atoms with Gasteiger partial charge in [0.25, 0.3) is 0 Å². The highest BCUT2D eigenvalue weighted by molar-refractivity contribution is 6.29. The summed E-state index contributed by atoms with van der Waals surface area (Å²) in [5.74, 6) is -1.30. The van der Waals surface area contributed by atoms with Crippen LogP contribution in [0.4, 0.5) is 0 Å². The van der Waals surface area contributed by atoms with Gasteiger partial charge in [-0.05, 0) is 32.0 Å². The van der Waals surface area contributed by atoms with Gasteiger partial charge in [-0.1, -0.05) is 11.6 Å². The van der Waals surface area contributed by atoms with Gasteiger partial charge in [0.05, 0.1) is 19.1 Å². The maximum atomic E-state index is 12.4. The van der Waals surface area contributed by atoms with E-state index in [9.17, 15) is 14.4 Å². The third-order valence-corrected chi connectivity index (χ3v) is 4.16. The van der Waals surface area contributed by atoms with E-state index in [1.807, 2.05) is 11.5 Å². The van der Waals surface area contributed by atoms with Crippen molar-refractivity contribution in [1.29, 1.82) is 0 Å². The predicted molar refractivity (Wildman–Crippen MR) is 94.4 cm³/mol. The van der Waals surface area contributed by atoms with Gasteiger partial charge in [-0.2, -0.15) is 0 Å². The Balaban J connectivity index is 2.02. The second-order valence-corrected chi connectivity index (χ2v) is 6.02. The first-order valence-corrected chi connectivity index (χ1v) is 8.26. The Morgan fingerprint density at radius 3 is 2.58 bits per heavy atom. The van der Waals surface area contributed by atoms with E-state index in [4.69, 9.17) is 16.3 Å². The fraction of sp³-hybridized carbons (Fsp3) is 0.333. The summed E-state index contributed by atoms with van der Waals surface area (Å²) in [6.45, 7) is 3.64. The minimum Gasteiger partial charge on any atom is -0.469 e. The zero-order valence-electron chi connectivity index (χ0n) is 14.7. The van der Waals surface area contributed by atoms with Crippen LogP contribution in [0.1, 0.15) is 38.5 Å². The Kier molecular flexibility index (Phi) is 6.52. The highest BCUT2D eigenvalue weighted by atomic mass is 35.5. The van der Waals surface area contributed by atoms with Gasteiger partial charge in [-0.25, -0.2) is 9.78 Å². The summed E-state index contributed by atoms with van der Waals surface area (Å²) >= 11 is 5.66. The summed E-state index contributed by atoms with van der Waals surface area (Å²) in [6.07, 6.45) is 1.49. The number of nitrogens with zero attached hydrogens (tertiary/aromatic N) is 2. The number of Topliss-reactive ketones (excluding diaryl/α,β-unsaturated/α-hetero) is 1. The number of aryl methyl sites for hydroxylation is 1. The molecule has 0 unspecified atom stereocenters. The standard InChI is InChI=1S/C18H19ClN2O5/c1-11-8-14(12(2)21(11)7-6-17(23)25-3)15(22)10-26-18(24)13-4-5-16(19)20-9-13/h4-5,8-9H,6-7,10H2,1-3H3. The molecule has 138 valence electrons. The first-order valence-electron chi connectivity index (χ1n) is 7.89. The minimum absolute atomic E-state index is 0.207. The minimum atomic E-state index is -0.651. The molecule has 0 fully saturated rings. The number of halogens is 1. The average Bonchev–Trinajstić information content (AvgIpc) is 2.92. The molecular weight excluding hydrogens is 360 g/mol. The highest BCUT2D eigenvalue weighted by Crippen LogP contribution is 2.17. The Morgan fingerprint density at radius 2 is 1.96 bits per heavy atom. The molecule has 0 saturated heterocycles. The van der Waals surface area contributed by atoms with Gasteiger partial charge in [0.2, 0.25) is 5.78 Å². The molecule has 0 aliphatic heterocycles. The largest absolute Gasteiger partial charge is 0.469 e. The lowest BCUT2D eigenvalue weighted by molar-refractivity contribution is -0.140. The number of carbonyl (C=O) groups excluding carboxylic acids is 3. The van der Waals surface area contributed by atoms with Crippen LogP contribution >= 0.6 is 11.6 Å². The monoisotopic (exact) mass is 378 g/mol. The molecule has 8 heteroatoms. The first kappa shape index (κ1) is 19.7. The second-order valence-electron chi connectivity index (χ2n) is 5.63. The Bertz CT molecular complexity index is 827. The summed E-state index contributed by atoms with van der Waals surface area (Å²) in [4.78, 5) is 39.4. The highest BCUT2D eigenvalue weighted by Gasteiger charge is 2.18. The molecule has 0 aliphatic rings. The summed E-state index contributed by atoms with van der Waals surface area (Å²) in [5.41, 5.74) is 2.21. The molecule has 0 amide bonds. The molecule has 2 rings (SSSR count). The summed E-state index contributed by atoms with van der Waals surface area (Å²) < 4.78 is 11.5. The number of pyridine rings is 1. The van der Waals surface area contributed by atoms with Crippen molar-refractivity contribution in [2.75, 3.05) is 13.7 Å². The van der Waals surface area contributed by atoms with E-state index in [0.717, 1.165) is 5.69 Å². The molecule has 0 aromatic carbocycles. The van der Waals surface area contributed by atoms with Crippen molar-refractivity contribution in [2.45, 2.75) is 26.8 Å². The molecule has 0 saturated carbocycles. The molecule has 0 N–H and O–H groups in total. The quantitative estimate of drug-likeness (QED) is 0.418. The van der Waals surface area contributed by atoms with Crippen molar-refractivity contribution < 1.29 is 23.9 Å². The van der Waals surface area contributed by atoms with E-state index in [2.05, 4.69) is 9.72 Å². The fourth-order valence-electron chi connectivity index (χ4n) is 2.52. The molecule has 26 heavy (non-hydrogen) atoms. The molecule has 0 bridgehead atoms. The van der Waals surface area contributed by atoms with Crippen LogP contribution in [0.3, 0.4) is 0 Å². The number of rotatable bonds is 7. The van der Waals surface area contributed by atoms with Crippen LogP contribution < -0.4 is 0 Å². The first-order chi connectivity index (χ1) is 12.3. The normalized spacial score (nSPS) is 10.5. The zero-order chi connectivity index (χ0) is 19.3. The van der Waals surface area contributed by atoms with Gasteiger partial charge < -0.3 is 14.0 Å². The zero-order valence-corrected chi connectivity index (χ0v) is 15.5. The molecule has 0 radical (unpaired) electrons. The van der Waals surface area contributed by atoms with E-state index in [0.29, 0.717) is 17.8 Å². The third kappa shape index (κ3) is 4.70. The van der Waals surface area contributed by atoms with Gasteiger partial charge in [0, 0.05) is 29.7 Å². The lowest BCUT2D eigenvalue weighted by Gasteiger charge is -2.09. The average molecular weight is 379 g/mol. The Hall–Kier alpha value is -2.67. The van der Waals surface area contributed by atoms with E-state index in [1.165, 1.54) is 25.4 Å². The van der Waals surface area contributed by atoms with Crippen molar-refractivity contribution in [3.8, 4) is 0 Å². The molecule has 2 aromatic heterocycles. The van der Waals surface area contributed by atoms with Gasteiger partial charge >= 0.3 is 11.9 Å². The maximum Gasteiger partial charge on any atom is 0.340 e. The third-order valence-electron chi connectivity index (χ3n) is 3.94. The molecule has 0 spiro atoms. The smallest absolute Gasteiger partial charge is 0.340 e. The van der Waals surface area contributed by atoms with Crippen molar-refractivity contribution in [1.82, 2.24) is 9.55 Å². The Morgan fingerprint density at radius 1 is 1.23 bits per heavy atom. The number of ketones is 1. The predicted octanol–water partition coefficient (Wildman–Crippen LogP) is 2.76. The number of esters is 2. The van der Waals surface area contributed by atoms with Crippen molar-refractivity contribution in [2.24, 2.45) is 0 Å². The molecule has 2 aromatic rings. The van der Waals surface area contributed by atoms with Crippen molar-refractivity contribution in [3.05, 3.63) is 52.1 Å². The van der Waals surface area contributed by atoms with Crippen molar-refractivity contribution >= 4 is 29.3 Å². The van der Waals surface area contributed by atoms with Gasteiger partial charge in [0.15, 0.2) is 6.61 Å². The molecule has 0 aliphatic carbocycles. The van der Waals surface area contributed by atoms with Gasteiger partial charge in [-0.3, -0.25) is 9.59 Å². The lowest BCUT2D eigenvalue weighted by Crippen LogP contribution is -2.15. The number of methoxy groups -OCH3 is 1. The van der Waals surface area contributed by atoms with Crippen LogP contribution in [-0.2, 0) is 20.8 Å². The van der Waals surface area contributed by atoms with Gasteiger partial charge in [-0.15, -0.1) is 0 Å². The lowest BCUT2D eigenvalue weighted by atomic mass is 10.1. The fourth-order valence-corrected chi connectivity index (χ4v) is 2.63. The second kappa shape index (κ2) is 8.62. The number of hydrogen-bond acceptors (Lipinski definition) is 6. The number of aromatic nitrogens is 2. The maximum absolute atomic E-state index is 12.4. The van der Waals surface area contributed by atoms with E-state index >= 15 is 0 Å². The van der Waals surface area contributed by atoms with E-state index in [1.54, 1.807) is 13.0 Å². The number of ether oxygens (including phenoxy) is 2. The van der Waals surface area contributed by atoms with E-state index in [-0.39, 0.29) is 35.5 Å². The SMILES string of the molecule is COC(=O)CCn1c(C)cc(C(=O)COC(=O)c2ccc(Cl)nc2)c1C. The molecule has 7 nitrogen and oxygen atoms in total. The van der Waals surface area contributed by atoms with Gasteiger partial charge in [0.1, 0.15) is 5.15 Å². The van der Waals surface area contributed by atoms with Crippen LogP contribution in [0, 0.1) is 13.8 Å². The van der Waals surface area contributed by atoms with Crippen LogP contribution in [0.5, 0.6) is 0 Å². The Labute approximate surface area is 155 Å². The van der Waals surface area contributed by atoms with Crippen LogP contribution in [0.25, 0.3) is 0 Å². The van der Waals surface area contributed by atoms with Crippen LogP contribution in [-0.4, -0.2) is 41.0 Å². The van der Waals surface area contributed by atoms with Crippen LogP contribution in [0.15, 0.2) is 24.4 Å². The molecule has 2 heterocycles. The van der Waals surface area contributed by atoms with Crippen molar-refractivity contribution in [3.63, 3.8) is 0 Å². The summed E-state index contributed by atoms with van der Waals surface area (Å²) in [7, 11) is 1.33. The van der Waals surface area contributed by atoms with Crippen LogP contribution in [0.2, 0.25) is 5.15 Å². The topological polar surface area (TPSA) is 87.5 Å². The number of hydrogen-bond donors (Lipinski definition) is 0. The molecular formula is C18H19ClN2O5. The summed E-state index contributed by atoms with van der Waals surface area (Å²) in [6, 6.07) is 4.66. The van der Waals surface area contributed by atoms with E-state index < -0.39 is 5.97 Å². The number of carbonyl (C=O) groups is 3.